The Hall–Kier alpha value is -1.36. The number of hydrogen-bond donors (Lipinski definition) is 1. The highest BCUT2D eigenvalue weighted by atomic mass is 35.5. The number of rotatable bonds is 4. The van der Waals surface area contributed by atoms with Gasteiger partial charge in [-0.15, -0.1) is 0 Å². The lowest BCUT2D eigenvalue weighted by atomic mass is 10.1. The third-order valence-electron chi connectivity index (χ3n) is 2.66. The van der Waals surface area contributed by atoms with Crippen molar-refractivity contribution in [1.82, 2.24) is 9.97 Å². The summed E-state index contributed by atoms with van der Waals surface area (Å²) >= 11 is 11.9. The second kappa shape index (κ2) is 6.19. The number of anilines is 1. The van der Waals surface area contributed by atoms with Crippen molar-refractivity contribution in [3.63, 3.8) is 0 Å². The second-order valence-electron chi connectivity index (χ2n) is 4.08. The summed E-state index contributed by atoms with van der Waals surface area (Å²) < 4.78 is 0. The Morgan fingerprint density at radius 2 is 2.00 bits per heavy atom. The zero-order valence-corrected chi connectivity index (χ0v) is 12.0. The van der Waals surface area contributed by atoms with Crippen LogP contribution in [0.25, 0.3) is 11.3 Å². The predicted molar refractivity (Wildman–Crippen MR) is 79.8 cm³/mol. The van der Waals surface area contributed by atoms with Crippen molar-refractivity contribution in [3.05, 3.63) is 40.5 Å². The van der Waals surface area contributed by atoms with Crippen LogP contribution in [0.2, 0.25) is 10.0 Å². The first-order valence-corrected chi connectivity index (χ1v) is 6.57. The van der Waals surface area contributed by atoms with Crippen LogP contribution in [0.1, 0.15) is 0 Å². The Balaban J connectivity index is 2.34. The number of nitrogens with zero attached hydrogens (tertiary/aromatic N) is 3. The van der Waals surface area contributed by atoms with Gasteiger partial charge in [-0.3, -0.25) is 0 Å². The molecule has 0 radical (unpaired) electrons. The summed E-state index contributed by atoms with van der Waals surface area (Å²) in [6.45, 7) is 1.25. The van der Waals surface area contributed by atoms with Crippen molar-refractivity contribution in [2.45, 2.75) is 0 Å². The second-order valence-corrected chi connectivity index (χ2v) is 4.90. The van der Waals surface area contributed by atoms with Crippen LogP contribution in [0, 0.1) is 0 Å². The maximum absolute atomic E-state index is 6.01. The molecule has 0 fully saturated rings. The Morgan fingerprint density at radius 1 is 1.21 bits per heavy atom. The van der Waals surface area contributed by atoms with Gasteiger partial charge in [0, 0.05) is 31.9 Å². The van der Waals surface area contributed by atoms with E-state index >= 15 is 0 Å². The summed E-state index contributed by atoms with van der Waals surface area (Å²) in [6, 6.07) is 7.26. The number of benzene rings is 1. The van der Waals surface area contributed by atoms with E-state index in [0.717, 1.165) is 11.3 Å². The van der Waals surface area contributed by atoms with Crippen LogP contribution in [-0.2, 0) is 0 Å². The Kier molecular flexibility index (Phi) is 4.58. The summed E-state index contributed by atoms with van der Waals surface area (Å²) in [5, 5.41) is 1.04. The lowest BCUT2D eigenvalue weighted by Crippen LogP contribution is -2.26. The van der Waals surface area contributed by atoms with E-state index in [1.807, 2.05) is 24.1 Å². The standard InChI is InChI=1S/C13H14Cl2N4/c1-19(7-5-16)13-17-6-4-12(18-13)9-2-3-10(14)11(15)8-9/h2-4,6,8H,5,7,16H2,1H3. The van der Waals surface area contributed by atoms with Gasteiger partial charge in [0.1, 0.15) is 0 Å². The minimum Gasteiger partial charge on any atom is -0.343 e. The average Bonchev–Trinajstić information content (AvgIpc) is 2.42. The number of likely N-dealkylation sites (N-methyl/N-ethyl adjacent to an activating group) is 1. The average molecular weight is 297 g/mol. The van der Waals surface area contributed by atoms with Crippen molar-refractivity contribution < 1.29 is 0 Å². The molecule has 6 heteroatoms. The van der Waals surface area contributed by atoms with E-state index in [2.05, 4.69) is 9.97 Å². The molecule has 0 saturated heterocycles. The van der Waals surface area contributed by atoms with Crippen LogP contribution in [0.5, 0.6) is 0 Å². The van der Waals surface area contributed by atoms with Crippen molar-refractivity contribution in [1.29, 1.82) is 0 Å². The molecule has 2 rings (SSSR count). The highest BCUT2D eigenvalue weighted by Gasteiger charge is 2.07. The molecule has 0 bridgehead atoms. The number of halogens is 2. The largest absolute Gasteiger partial charge is 0.343 e. The highest BCUT2D eigenvalue weighted by molar-refractivity contribution is 6.42. The third-order valence-corrected chi connectivity index (χ3v) is 3.40. The maximum atomic E-state index is 6.01. The fraction of sp³-hybridized carbons (Fsp3) is 0.231. The van der Waals surface area contributed by atoms with Crippen LogP contribution in [0.3, 0.4) is 0 Å². The van der Waals surface area contributed by atoms with E-state index in [0.29, 0.717) is 29.1 Å². The molecule has 0 saturated carbocycles. The minimum absolute atomic E-state index is 0.509. The van der Waals surface area contributed by atoms with Gasteiger partial charge in [0.2, 0.25) is 5.95 Å². The molecule has 100 valence electrons. The first kappa shape index (κ1) is 14.1. The molecule has 0 amide bonds. The molecular formula is C13H14Cl2N4. The monoisotopic (exact) mass is 296 g/mol. The summed E-state index contributed by atoms with van der Waals surface area (Å²) in [4.78, 5) is 10.6. The van der Waals surface area contributed by atoms with Crippen molar-refractivity contribution in [2.24, 2.45) is 5.73 Å². The van der Waals surface area contributed by atoms with E-state index in [-0.39, 0.29) is 0 Å². The fourth-order valence-electron chi connectivity index (χ4n) is 1.64. The molecule has 0 unspecified atom stereocenters. The topological polar surface area (TPSA) is 55.0 Å². The summed E-state index contributed by atoms with van der Waals surface area (Å²) in [5.74, 6) is 0.633. The van der Waals surface area contributed by atoms with E-state index in [9.17, 15) is 0 Å². The van der Waals surface area contributed by atoms with E-state index in [1.54, 1.807) is 18.3 Å². The molecule has 2 aromatic rings. The van der Waals surface area contributed by atoms with E-state index < -0.39 is 0 Å². The van der Waals surface area contributed by atoms with Gasteiger partial charge in [-0.1, -0.05) is 29.3 Å². The number of hydrogen-bond acceptors (Lipinski definition) is 4. The molecule has 2 N–H and O–H groups in total. The highest BCUT2D eigenvalue weighted by Crippen LogP contribution is 2.27. The number of aromatic nitrogens is 2. The van der Waals surface area contributed by atoms with Crippen molar-refractivity contribution in [2.75, 3.05) is 25.0 Å². The van der Waals surface area contributed by atoms with Gasteiger partial charge in [0.25, 0.3) is 0 Å². The van der Waals surface area contributed by atoms with Crippen LogP contribution >= 0.6 is 23.2 Å². The van der Waals surface area contributed by atoms with Gasteiger partial charge in [-0.25, -0.2) is 9.97 Å². The lowest BCUT2D eigenvalue weighted by molar-refractivity contribution is 0.847. The summed E-state index contributed by atoms with van der Waals surface area (Å²) in [7, 11) is 1.90. The van der Waals surface area contributed by atoms with Crippen LogP contribution < -0.4 is 10.6 Å². The first-order chi connectivity index (χ1) is 9.11. The lowest BCUT2D eigenvalue weighted by Gasteiger charge is -2.16. The van der Waals surface area contributed by atoms with Gasteiger partial charge in [0.05, 0.1) is 15.7 Å². The zero-order valence-electron chi connectivity index (χ0n) is 10.5. The molecule has 1 aromatic heterocycles. The van der Waals surface area contributed by atoms with Gasteiger partial charge >= 0.3 is 0 Å². The molecule has 19 heavy (non-hydrogen) atoms. The van der Waals surface area contributed by atoms with Gasteiger partial charge in [0.15, 0.2) is 0 Å². The molecule has 0 aliphatic carbocycles. The first-order valence-electron chi connectivity index (χ1n) is 5.81. The fourth-order valence-corrected chi connectivity index (χ4v) is 1.94. The molecule has 4 nitrogen and oxygen atoms in total. The Labute approximate surface area is 122 Å². The van der Waals surface area contributed by atoms with Crippen molar-refractivity contribution in [3.8, 4) is 11.3 Å². The smallest absolute Gasteiger partial charge is 0.225 e. The van der Waals surface area contributed by atoms with Crippen molar-refractivity contribution >= 4 is 29.2 Å². The molecule has 1 aromatic carbocycles. The van der Waals surface area contributed by atoms with Crippen LogP contribution in [0.4, 0.5) is 5.95 Å². The summed E-state index contributed by atoms with van der Waals surface area (Å²) in [6.07, 6.45) is 1.72. The molecule has 1 heterocycles. The molecule has 0 atom stereocenters. The van der Waals surface area contributed by atoms with E-state index in [1.165, 1.54) is 0 Å². The molecular weight excluding hydrogens is 283 g/mol. The predicted octanol–water partition coefficient (Wildman–Crippen LogP) is 2.85. The van der Waals surface area contributed by atoms with Crippen LogP contribution in [-0.4, -0.2) is 30.1 Å². The van der Waals surface area contributed by atoms with Gasteiger partial charge in [-0.2, -0.15) is 0 Å². The quantitative estimate of drug-likeness (QED) is 0.943. The Bertz CT molecular complexity index is 574. The minimum atomic E-state index is 0.509. The van der Waals surface area contributed by atoms with Crippen LogP contribution in [0.15, 0.2) is 30.5 Å². The Morgan fingerprint density at radius 3 is 2.68 bits per heavy atom. The maximum Gasteiger partial charge on any atom is 0.225 e. The summed E-state index contributed by atoms with van der Waals surface area (Å²) in [5.41, 5.74) is 7.22. The normalized spacial score (nSPS) is 10.5. The zero-order chi connectivity index (χ0) is 13.8. The van der Waals surface area contributed by atoms with E-state index in [4.69, 9.17) is 28.9 Å². The molecule has 0 aliphatic rings. The SMILES string of the molecule is CN(CCN)c1nccc(-c2ccc(Cl)c(Cl)c2)n1. The van der Waals surface area contributed by atoms with Gasteiger partial charge < -0.3 is 10.6 Å². The molecule has 0 spiro atoms. The molecule has 0 aliphatic heterocycles. The number of nitrogens with two attached hydrogens (primary N) is 1. The van der Waals surface area contributed by atoms with Gasteiger partial charge in [-0.05, 0) is 18.2 Å². The third kappa shape index (κ3) is 3.35.